The van der Waals surface area contributed by atoms with E-state index in [9.17, 15) is 0 Å². The molecule has 3 atom stereocenters. The van der Waals surface area contributed by atoms with Crippen LogP contribution in [0.2, 0.25) is 0 Å². The third-order valence-electron chi connectivity index (χ3n) is 2.31. The van der Waals surface area contributed by atoms with Gasteiger partial charge in [0.15, 0.2) is 0 Å². The van der Waals surface area contributed by atoms with Crippen molar-refractivity contribution in [3.63, 3.8) is 0 Å². The van der Waals surface area contributed by atoms with E-state index in [1.807, 2.05) is 0 Å². The van der Waals surface area contributed by atoms with Gasteiger partial charge >= 0.3 is 0 Å². The number of ether oxygens (including phenoxy) is 1. The molecule has 1 fully saturated rings. The molecule has 1 heterocycles. The number of rotatable bonds is 1. The van der Waals surface area contributed by atoms with Gasteiger partial charge in [0.05, 0.1) is 12.2 Å². The van der Waals surface area contributed by atoms with Crippen LogP contribution in [0.25, 0.3) is 0 Å². The highest BCUT2D eigenvalue weighted by molar-refractivity contribution is 4.79. The summed E-state index contributed by atoms with van der Waals surface area (Å²) < 4.78 is 5.73. The predicted molar refractivity (Wildman–Crippen MR) is 43.0 cm³/mol. The van der Waals surface area contributed by atoms with E-state index < -0.39 is 0 Å². The van der Waals surface area contributed by atoms with E-state index in [0.29, 0.717) is 18.1 Å². The maximum atomic E-state index is 5.73. The number of hydrogen-bond acceptors (Lipinski definition) is 1. The highest BCUT2D eigenvalue weighted by atomic mass is 16.5. The highest BCUT2D eigenvalue weighted by Gasteiger charge is 2.31. The molecule has 1 saturated heterocycles. The average molecular weight is 142 g/mol. The van der Waals surface area contributed by atoms with Crippen molar-refractivity contribution in [1.82, 2.24) is 0 Å². The topological polar surface area (TPSA) is 9.23 Å². The lowest BCUT2D eigenvalue weighted by molar-refractivity contribution is 0.0172. The maximum Gasteiger partial charge on any atom is 0.0628 e. The zero-order valence-corrected chi connectivity index (χ0v) is 7.42. The van der Waals surface area contributed by atoms with Crippen molar-refractivity contribution in [2.45, 2.75) is 46.3 Å². The first-order chi connectivity index (χ1) is 4.61. The lowest BCUT2D eigenvalue weighted by atomic mass is 9.94. The zero-order chi connectivity index (χ0) is 7.72. The lowest BCUT2D eigenvalue weighted by Crippen LogP contribution is -2.20. The van der Waals surface area contributed by atoms with E-state index in [4.69, 9.17) is 4.74 Å². The van der Waals surface area contributed by atoms with Crippen molar-refractivity contribution in [1.29, 1.82) is 0 Å². The lowest BCUT2D eigenvalue weighted by Gasteiger charge is -2.18. The summed E-state index contributed by atoms with van der Waals surface area (Å²) in [5.74, 6) is 1.44. The van der Waals surface area contributed by atoms with Gasteiger partial charge in [-0.25, -0.2) is 0 Å². The van der Waals surface area contributed by atoms with E-state index >= 15 is 0 Å². The van der Waals surface area contributed by atoms with Crippen molar-refractivity contribution in [3.05, 3.63) is 0 Å². The Kier molecular flexibility index (Phi) is 2.35. The van der Waals surface area contributed by atoms with Crippen molar-refractivity contribution in [2.24, 2.45) is 11.8 Å². The fraction of sp³-hybridized carbons (Fsp3) is 1.00. The first-order valence-electron chi connectivity index (χ1n) is 4.26. The highest BCUT2D eigenvalue weighted by Crippen LogP contribution is 2.30. The third kappa shape index (κ3) is 1.51. The summed E-state index contributed by atoms with van der Waals surface area (Å²) in [6.45, 7) is 8.92. The predicted octanol–water partition coefficient (Wildman–Crippen LogP) is 2.46. The Hall–Kier alpha value is -0.0400. The van der Waals surface area contributed by atoms with Gasteiger partial charge in [0.25, 0.3) is 0 Å². The summed E-state index contributed by atoms with van der Waals surface area (Å²) in [6, 6.07) is 0. The molecule has 10 heavy (non-hydrogen) atoms. The molecule has 60 valence electrons. The molecule has 1 rings (SSSR count). The first kappa shape index (κ1) is 8.06. The standard InChI is InChI=1S/C9H18O/c1-6(2)9-7(3)5-8(4)10-9/h6-9H,5H2,1-4H3/t7-,8-,9-/m0/s1. The second-order valence-electron chi connectivity index (χ2n) is 3.87. The molecule has 1 nitrogen and oxygen atoms in total. The summed E-state index contributed by atoms with van der Waals surface area (Å²) in [6.07, 6.45) is 2.24. The van der Waals surface area contributed by atoms with Crippen molar-refractivity contribution in [3.8, 4) is 0 Å². The van der Waals surface area contributed by atoms with Crippen molar-refractivity contribution in [2.75, 3.05) is 0 Å². The molecule has 1 heteroatoms. The van der Waals surface area contributed by atoms with Crippen LogP contribution in [0.1, 0.15) is 34.1 Å². The fourth-order valence-corrected chi connectivity index (χ4v) is 1.93. The Labute approximate surface area is 63.8 Å². The minimum absolute atomic E-state index is 0.488. The van der Waals surface area contributed by atoms with Crippen LogP contribution in [0.3, 0.4) is 0 Å². The summed E-state index contributed by atoms with van der Waals surface area (Å²) in [7, 11) is 0. The van der Waals surface area contributed by atoms with Crippen LogP contribution >= 0.6 is 0 Å². The van der Waals surface area contributed by atoms with Crippen LogP contribution in [-0.4, -0.2) is 12.2 Å². The van der Waals surface area contributed by atoms with E-state index in [1.54, 1.807) is 0 Å². The van der Waals surface area contributed by atoms with Crippen LogP contribution in [0.15, 0.2) is 0 Å². The fourth-order valence-electron chi connectivity index (χ4n) is 1.93. The molecule has 0 spiro atoms. The molecule has 0 N–H and O–H groups in total. The summed E-state index contributed by atoms with van der Waals surface area (Å²) in [5, 5.41) is 0. The van der Waals surface area contributed by atoms with Gasteiger partial charge in [-0.3, -0.25) is 0 Å². The van der Waals surface area contributed by atoms with Crippen LogP contribution < -0.4 is 0 Å². The molecular weight excluding hydrogens is 124 g/mol. The van der Waals surface area contributed by atoms with E-state index in [0.717, 1.165) is 5.92 Å². The molecule has 0 aromatic heterocycles. The monoisotopic (exact) mass is 142 g/mol. The molecule has 0 aromatic rings. The molecule has 0 saturated carbocycles. The smallest absolute Gasteiger partial charge is 0.0628 e. The van der Waals surface area contributed by atoms with Gasteiger partial charge in [0.1, 0.15) is 0 Å². The average Bonchev–Trinajstić information content (AvgIpc) is 2.10. The minimum Gasteiger partial charge on any atom is -0.375 e. The molecule has 0 unspecified atom stereocenters. The molecule has 0 aromatic carbocycles. The normalized spacial score (nSPS) is 41.1. The van der Waals surface area contributed by atoms with Crippen LogP contribution in [0.5, 0.6) is 0 Å². The SMILES string of the molecule is CC(C)[C@@H]1O[C@@H](C)C[C@@H]1C. The van der Waals surface area contributed by atoms with Crippen molar-refractivity contribution < 1.29 is 4.74 Å². The Bertz CT molecular complexity index is 109. The first-order valence-corrected chi connectivity index (χ1v) is 4.26. The third-order valence-corrected chi connectivity index (χ3v) is 2.31. The second kappa shape index (κ2) is 2.91. The zero-order valence-electron chi connectivity index (χ0n) is 7.42. The van der Waals surface area contributed by atoms with Gasteiger partial charge in [-0.15, -0.1) is 0 Å². The van der Waals surface area contributed by atoms with Crippen LogP contribution in [0.4, 0.5) is 0 Å². The molecule has 0 aliphatic carbocycles. The Balaban J connectivity index is 2.46. The summed E-state index contributed by atoms with van der Waals surface area (Å²) in [4.78, 5) is 0. The molecule has 1 aliphatic rings. The number of hydrogen-bond donors (Lipinski definition) is 0. The minimum atomic E-state index is 0.488. The van der Waals surface area contributed by atoms with Gasteiger partial charge in [0, 0.05) is 0 Å². The van der Waals surface area contributed by atoms with Crippen LogP contribution in [-0.2, 0) is 4.74 Å². The Morgan fingerprint density at radius 1 is 1.30 bits per heavy atom. The summed E-state index contributed by atoms with van der Waals surface area (Å²) >= 11 is 0. The van der Waals surface area contributed by atoms with Gasteiger partial charge in [-0.2, -0.15) is 0 Å². The van der Waals surface area contributed by atoms with Gasteiger partial charge < -0.3 is 4.74 Å². The van der Waals surface area contributed by atoms with Crippen molar-refractivity contribution >= 4 is 0 Å². The molecule has 0 radical (unpaired) electrons. The molecule has 1 aliphatic heterocycles. The van der Waals surface area contributed by atoms with Gasteiger partial charge in [-0.1, -0.05) is 20.8 Å². The van der Waals surface area contributed by atoms with E-state index in [1.165, 1.54) is 6.42 Å². The van der Waals surface area contributed by atoms with E-state index in [2.05, 4.69) is 27.7 Å². The maximum absolute atomic E-state index is 5.73. The Morgan fingerprint density at radius 2 is 1.90 bits per heavy atom. The molecule has 0 bridgehead atoms. The summed E-state index contributed by atoms with van der Waals surface area (Å²) in [5.41, 5.74) is 0. The molecule has 0 amide bonds. The largest absolute Gasteiger partial charge is 0.375 e. The van der Waals surface area contributed by atoms with Gasteiger partial charge in [-0.05, 0) is 25.2 Å². The van der Waals surface area contributed by atoms with Gasteiger partial charge in [0.2, 0.25) is 0 Å². The Morgan fingerprint density at radius 3 is 2.10 bits per heavy atom. The quantitative estimate of drug-likeness (QED) is 0.546. The van der Waals surface area contributed by atoms with E-state index in [-0.39, 0.29) is 0 Å². The van der Waals surface area contributed by atoms with Crippen LogP contribution in [0, 0.1) is 11.8 Å². The second-order valence-corrected chi connectivity index (χ2v) is 3.87. The molecular formula is C9H18O.